The van der Waals surface area contributed by atoms with Gasteiger partial charge in [0.05, 0.1) is 6.42 Å². The molecule has 1 unspecified atom stereocenters. The van der Waals surface area contributed by atoms with Crippen molar-refractivity contribution in [2.75, 3.05) is 11.9 Å². The third-order valence-corrected chi connectivity index (χ3v) is 4.94. The molecule has 0 spiro atoms. The summed E-state index contributed by atoms with van der Waals surface area (Å²) in [5.41, 5.74) is 5.96. The van der Waals surface area contributed by atoms with E-state index in [1.165, 1.54) is 36.5 Å². The second-order valence-corrected chi connectivity index (χ2v) is 7.49. The van der Waals surface area contributed by atoms with E-state index in [2.05, 4.69) is 15.6 Å². The highest BCUT2D eigenvalue weighted by Crippen LogP contribution is 2.19. The number of nitrogens with two attached hydrogens (primary N) is 1. The van der Waals surface area contributed by atoms with Gasteiger partial charge in [-0.2, -0.15) is 0 Å². The molecular weight excluding hydrogens is 442 g/mol. The van der Waals surface area contributed by atoms with E-state index in [1.807, 2.05) is 0 Å². The van der Waals surface area contributed by atoms with E-state index in [0.717, 1.165) is 0 Å². The molecule has 1 atom stereocenters. The quantitative estimate of drug-likeness (QED) is 0.414. The molecule has 2 amide bonds. The first kappa shape index (κ1) is 23.4. The Morgan fingerprint density at radius 1 is 1.09 bits per heavy atom. The van der Waals surface area contributed by atoms with Crippen LogP contribution < -0.4 is 16.4 Å². The van der Waals surface area contributed by atoms with E-state index in [0.29, 0.717) is 40.9 Å². The summed E-state index contributed by atoms with van der Waals surface area (Å²) in [7, 11) is 0. The number of pyridine rings is 1. The number of halogens is 3. The fraction of sp³-hybridized carbons (Fsp3) is 0.227. The Kier molecular flexibility index (Phi) is 7.91. The Morgan fingerprint density at radius 2 is 1.84 bits per heavy atom. The molecule has 3 rings (SSSR count). The standard InChI is InChI=1S/C22H21ClF2N4O3/c23-19-9-17(25)4-2-14(19)11-27-6-5-18(10-20(26)30)32-22(31)29-21-8-15-7-16(24)3-1-13(15)12-28-21/h1-4,7-9,12,18,27H,5-6,10-11H2,(H2,26,30)(H,28,29,31). The summed E-state index contributed by atoms with van der Waals surface area (Å²) in [6.45, 7) is 0.749. The molecule has 10 heteroatoms. The minimum atomic E-state index is -0.818. The van der Waals surface area contributed by atoms with Crippen LogP contribution in [0.15, 0.2) is 48.7 Å². The molecule has 2 aromatic carbocycles. The van der Waals surface area contributed by atoms with Crippen LogP contribution in [0.25, 0.3) is 10.8 Å². The Balaban J connectivity index is 1.53. The van der Waals surface area contributed by atoms with Crippen LogP contribution in [0.2, 0.25) is 5.02 Å². The largest absolute Gasteiger partial charge is 0.445 e. The number of aromatic nitrogens is 1. The number of hydrogen-bond acceptors (Lipinski definition) is 5. The minimum Gasteiger partial charge on any atom is -0.445 e. The molecule has 32 heavy (non-hydrogen) atoms. The SMILES string of the molecule is NC(=O)CC(CCNCc1ccc(F)cc1Cl)OC(=O)Nc1cc2cc(F)ccc2cn1. The first-order chi connectivity index (χ1) is 15.3. The van der Waals surface area contributed by atoms with Crippen LogP contribution in [0.4, 0.5) is 19.4 Å². The van der Waals surface area contributed by atoms with E-state index in [1.54, 1.807) is 12.1 Å². The highest BCUT2D eigenvalue weighted by Gasteiger charge is 2.18. The van der Waals surface area contributed by atoms with E-state index in [9.17, 15) is 18.4 Å². The molecule has 1 heterocycles. The zero-order chi connectivity index (χ0) is 23.1. The maximum Gasteiger partial charge on any atom is 0.413 e. The smallest absolute Gasteiger partial charge is 0.413 e. The first-order valence-corrected chi connectivity index (χ1v) is 10.1. The second-order valence-electron chi connectivity index (χ2n) is 7.08. The van der Waals surface area contributed by atoms with Gasteiger partial charge in [0, 0.05) is 23.2 Å². The van der Waals surface area contributed by atoms with Gasteiger partial charge in [0.25, 0.3) is 0 Å². The molecule has 1 aromatic heterocycles. The van der Waals surface area contributed by atoms with Crippen molar-refractivity contribution in [3.63, 3.8) is 0 Å². The summed E-state index contributed by atoms with van der Waals surface area (Å²) in [5.74, 6) is -1.28. The topological polar surface area (TPSA) is 106 Å². The third-order valence-electron chi connectivity index (χ3n) is 4.59. The summed E-state index contributed by atoms with van der Waals surface area (Å²) in [5, 5.41) is 7.13. The van der Waals surface area contributed by atoms with Crippen LogP contribution >= 0.6 is 11.6 Å². The van der Waals surface area contributed by atoms with Crippen LogP contribution in [0.1, 0.15) is 18.4 Å². The number of fused-ring (bicyclic) bond motifs is 1. The summed E-state index contributed by atoms with van der Waals surface area (Å²) in [4.78, 5) is 27.7. The number of benzene rings is 2. The van der Waals surface area contributed by atoms with Crippen LogP contribution in [-0.4, -0.2) is 29.6 Å². The number of hydrogen-bond donors (Lipinski definition) is 3. The molecule has 0 saturated heterocycles. The molecule has 0 aliphatic carbocycles. The predicted molar refractivity (Wildman–Crippen MR) is 117 cm³/mol. The van der Waals surface area contributed by atoms with Crippen molar-refractivity contribution in [1.82, 2.24) is 10.3 Å². The maximum atomic E-state index is 13.4. The zero-order valence-corrected chi connectivity index (χ0v) is 17.7. The fourth-order valence-corrected chi connectivity index (χ4v) is 3.28. The number of nitrogens with zero attached hydrogens (tertiary/aromatic N) is 1. The van der Waals surface area contributed by atoms with Gasteiger partial charge in [-0.25, -0.2) is 18.6 Å². The number of ether oxygens (including phenoxy) is 1. The van der Waals surface area contributed by atoms with E-state index < -0.39 is 29.7 Å². The number of primary amides is 1. The molecule has 0 aliphatic rings. The number of amides is 2. The molecule has 3 aromatic rings. The Labute approximate surface area is 187 Å². The van der Waals surface area contributed by atoms with Crippen molar-refractivity contribution < 1.29 is 23.1 Å². The Morgan fingerprint density at radius 3 is 2.59 bits per heavy atom. The zero-order valence-electron chi connectivity index (χ0n) is 16.9. The van der Waals surface area contributed by atoms with Gasteiger partial charge in [0.1, 0.15) is 23.6 Å². The minimum absolute atomic E-state index is 0.164. The van der Waals surface area contributed by atoms with Crippen molar-refractivity contribution >= 4 is 40.2 Å². The maximum absolute atomic E-state index is 13.4. The highest BCUT2D eigenvalue weighted by atomic mass is 35.5. The predicted octanol–water partition coefficient (Wildman–Crippen LogP) is 4.14. The monoisotopic (exact) mass is 462 g/mol. The third kappa shape index (κ3) is 6.86. The average Bonchev–Trinajstić information content (AvgIpc) is 2.71. The lowest BCUT2D eigenvalue weighted by molar-refractivity contribution is -0.119. The van der Waals surface area contributed by atoms with Gasteiger partial charge in [-0.15, -0.1) is 0 Å². The van der Waals surface area contributed by atoms with Gasteiger partial charge >= 0.3 is 6.09 Å². The lowest BCUT2D eigenvalue weighted by Crippen LogP contribution is -2.30. The van der Waals surface area contributed by atoms with E-state index >= 15 is 0 Å². The van der Waals surface area contributed by atoms with Gasteiger partial charge < -0.3 is 15.8 Å². The van der Waals surface area contributed by atoms with Gasteiger partial charge in [-0.3, -0.25) is 10.1 Å². The lowest BCUT2D eigenvalue weighted by Gasteiger charge is -2.17. The van der Waals surface area contributed by atoms with Gasteiger partial charge in [-0.05, 0) is 60.3 Å². The Hall–Kier alpha value is -3.30. The molecule has 0 saturated carbocycles. The highest BCUT2D eigenvalue weighted by molar-refractivity contribution is 6.31. The van der Waals surface area contributed by atoms with Crippen molar-refractivity contribution in [2.24, 2.45) is 5.73 Å². The van der Waals surface area contributed by atoms with Crippen molar-refractivity contribution in [2.45, 2.75) is 25.5 Å². The second kappa shape index (κ2) is 10.8. The Bertz CT molecular complexity index is 1130. The van der Waals surface area contributed by atoms with Gasteiger partial charge in [0.2, 0.25) is 5.91 Å². The fourth-order valence-electron chi connectivity index (χ4n) is 3.04. The van der Waals surface area contributed by atoms with Gasteiger partial charge in [0.15, 0.2) is 0 Å². The summed E-state index contributed by atoms with van der Waals surface area (Å²) >= 11 is 5.99. The number of carbonyl (C=O) groups is 2. The van der Waals surface area contributed by atoms with E-state index in [4.69, 9.17) is 22.1 Å². The molecular formula is C22H21ClF2N4O3. The molecule has 168 valence electrons. The van der Waals surface area contributed by atoms with Gasteiger partial charge in [-0.1, -0.05) is 17.7 Å². The molecule has 7 nitrogen and oxygen atoms in total. The lowest BCUT2D eigenvalue weighted by atomic mass is 10.1. The molecule has 4 N–H and O–H groups in total. The summed E-state index contributed by atoms with van der Waals surface area (Å²) in [6, 6.07) is 9.82. The number of nitrogens with one attached hydrogen (secondary N) is 2. The van der Waals surface area contributed by atoms with Crippen LogP contribution in [0.3, 0.4) is 0 Å². The normalized spacial score (nSPS) is 11.8. The number of rotatable bonds is 9. The summed E-state index contributed by atoms with van der Waals surface area (Å²) < 4.78 is 31.8. The van der Waals surface area contributed by atoms with Crippen molar-refractivity contribution in [3.8, 4) is 0 Å². The molecule has 0 bridgehead atoms. The van der Waals surface area contributed by atoms with Crippen LogP contribution in [0.5, 0.6) is 0 Å². The number of carbonyl (C=O) groups excluding carboxylic acids is 2. The van der Waals surface area contributed by atoms with Crippen molar-refractivity contribution in [1.29, 1.82) is 0 Å². The van der Waals surface area contributed by atoms with E-state index in [-0.39, 0.29) is 12.2 Å². The molecule has 0 aliphatic heterocycles. The average molecular weight is 463 g/mol. The van der Waals surface area contributed by atoms with Crippen molar-refractivity contribution in [3.05, 3.63) is 70.9 Å². The first-order valence-electron chi connectivity index (χ1n) is 9.76. The molecule has 0 fully saturated rings. The summed E-state index contributed by atoms with van der Waals surface area (Å²) in [6.07, 6.45) is 0.0343. The molecule has 0 radical (unpaired) electrons. The van der Waals surface area contributed by atoms with Crippen LogP contribution in [-0.2, 0) is 16.1 Å². The van der Waals surface area contributed by atoms with Crippen LogP contribution in [0, 0.1) is 11.6 Å². The number of anilines is 1.